The van der Waals surface area contributed by atoms with Crippen LogP contribution >= 0.6 is 22.7 Å². The van der Waals surface area contributed by atoms with Gasteiger partial charge >= 0.3 is 0 Å². The minimum absolute atomic E-state index is 0.459. The lowest BCUT2D eigenvalue weighted by atomic mass is 10.2. The van der Waals surface area contributed by atoms with Gasteiger partial charge < -0.3 is 11.5 Å². The number of primary amides is 2. The average Bonchev–Trinajstić information content (AvgIpc) is 2.97. The first-order chi connectivity index (χ1) is 10.4. The van der Waals surface area contributed by atoms with E-state index in [4.69, 9.17) is 11.5 Å². The van der Waals surface area contributed by atoms with Gasteiger partial charge in [0.25, 0.3) is 0 Å². The molecule has 0 aliphatic carbocycles. The maximum Gasteiger partial charge on any atom is 0.241 e. The van der Waals surface area contributed by atoms with Crippen molar-refractivity contribution in [3.05, 3.63) is 45.2 Å². The molecule has 22 heavy (non-hydrogen) atoms. The lowest BCUT2D eigenvalue weighted by Crippen LogP contribution is -2.04. The summed E-state index contributed by atoms with van der Waals surface area (Å²) in [5.41, 5.74) is 12.5. The van der Waals surface area contributed by atoms with Crippen molar-refractivity contribution >= 4 is 46.6 Å². The van der Waals surface area contributed by atoms with Crippen LogP contribution in [0.25, 0.3) is 21.9 Å². The highest BCUT2D eigenvalue weighted by molar-refractivity contribution is 7.23. The number of aryl methyl sites for hydroxylation is 2. The van der Waals surface area contributed by atoms with Crippen molar-refractivity contribution in [2.75, 3.05) is 0 Å². The van der Waals surface area contributed by atoms with E-state index < -0.39 is 11.8 Å². The van der Waals surface area contributed by atoms with Crippen molar-refractivity contribution in [1.82, 2.24) is 0 Å². The van der Waals surface area contributed by atoms with Gasteiger partial charge in [-0.1, -0.05) is 0 Å². The Bertz CT molecular complexity index is 716. The third kappa shape index (κ3) is 3.93. The van der Waals surface area contributed by atoms with Gasteiger partial charge in [0.2, 0.25) is 11.8 Å². The van der Waals surface area contributed by atoms with E-state index in [1.807, 2.05) is 26.0 Å². The van der Waals surface area contributed by atoms with E-state index in [1.54, 1.807) is 34.8 Å². The first-order valence-corrected chi connectivity index (χ1v) is 8.16. The number of amides is 2. The summed E-state index contributed by atoms with van der Waals surface area (Å²) in [4.78, 5) is 25.9. The minimum Gasteiger partial charge on any atom is -0.366 e. The summed E-state index contributed by atoms with van der Waals surface area (Å²) in [5, 5.41) is 0. The third-order valence-corrected chi connectivity index (χ3v) is 5.47. The molecule has 0 saturated heterocycles. The van der Waals surface area contributed by atoms with Gasteiger partial charge in [-0.15, -0.1) is 22.7 Å². The van der Waals surface area contributed by atoms with E-state index >= 15 is 0 Å². The van der Waals surface area contributed by atoms with Gasteiger partial charge in [-0.2, -0.15) is 0 Å². The molecule has 0 aliphatic heterocycles. The average molecular weight is 332 g/mol. The maximum absolute atomic E-state index is 10.8. The van der Waals surface area contributed by atoms with E-state index in [9.17, 15) is 9.59 Å². The molecule has 4 N–H and O–H groups in total. The van der Waals surface area contributed by atoms with Crippen molar-refractivity contribution in [1.29, 1.82) is 0 Å². The largest absolute Gasteiger partial charge is 0.366 e. The summed E-state index contributed by atoms with van der Waals surface area (Å²) >= 11 is 3.21. The van der Waals surface area contributed by atoms with Crippen LogP contribution in [-0.4, -0.2) is 11.8 Å². The molecule has 6 heteroatoms. The molecule has 114 valence electrons. The zero-order valence-electron chi connectivity index (χ0n) is 12.3. The van der Waals surface area contributed by atoms with Crippen LogP contribution in [0.4, 0.5) is 0 Å². The van der Waals surface area contributed by atoms with Crippen LogP contribution in [0.5, 0.6) is 0 Å². The van der Waals surface area contributed by atoms with Gasteiger partial charge in [-0.25, -0.2) is 0 Å². The predicted molar refractivity (Wildman–Crippen MR) is 93.6 cm³/mol. The topological polar surface area (TPSA) is 86.2 Å². The van der Waals surface area contributed by atoms with Gasteiger partial charge in [0.1, 0.15) is 0 Å². The Hall–Kier alpha value is -2.18. The first-order valence-electron chi connectivity index (χ1n) is 6.53. The highest BCUT2D eigenvalue weighted by atomic mass is 32.1. The predicted octanol–water partition coefficient (Wildman–Crippen LogP) is 3.09. The van der Waals surface area contributed by atoms with Gasteiger partial charge in [0.05, 0.1) is 0 Å². The lowest BCUT2D eigenvalue weighted by molar-refractivity contribution is -0.114. The molecule has 0 aliphatic rings. The van der Waals surface area contributed by atoms with Crippen molar-refractivity contribution in [2.45, 2.75) is 13.8 Å². The van der Waals surface area contributed by atoms with Crippen molar-refractivity contribution in [2.24, 2.45) is 11.5 Å². The summed E-state index contributed by atoms with van der Waals surface area (Å²) in [5.74, 6) is -0.919. The fourth-order valence-electron chi connectivity index (χ4n) is 1.96. The molecule has 2 aromatic heterocycles. The van der Waals surface area contributed by atoms with E-state index in [2.05, 4.69) is 0 Å². The molecular weight excluding hydrogens is 316 g/mol. The monoisotopic (exact) mass is 332 g/mol. The molecule has 0 spiro atoms. The third-order valence-electron chi connectivity index (χ3n) is 2.90. The van der Waals surface area contributed by atoms with Crippen LogP contribution in [0.1, 0.15) is 20.9 Å². The second-order valence-corrected chi connectivity index (χ2v) is 6.96. The molecule has 2 amide bonds. The number of thiophene rings is 2. The molecule has 0 saturated carbocycles. The Morgan fingerprint density at radius 2 is 1.23 bits per heavy atom. The van der Waals surface area contributed by atoms with Crippen LogP contribution in [0.2, 0.25) is 0 Å². The molecular formula is C16H16N2O2S2. The molecule has 0 atom stereocenters. The summed E-state index contributed by atoms with van der Waals surface area (Å²) in [6.07, 6.45) is 6.16. The summed E-state index contributed by atoms with van der Waals surface area (Å²) in [6, 6.07) is 4.05. The number of carbonyl (C=O) groups is 2. The molecule has 2 aromatic rings. The first kappa shape index (κ1) is 16.2. The zero-order valence-corrected chi connectivity index (χ0v) is 13.9. The number of nitrogens with two attached hydrogens (primary N) is 2. The number of hydrogen-bond acceptors (Lipinski definition) is 4. The Morgan fingerprint density at radius 3 is 1.55 bits per heavy atom. The minimum atomic E-state index is -0.459. The highest BCUT2D eigenvalue weighted by Crippen LogP contribution is 2.40. The maximum atomic E-state index is 10.8. The standard InChI is InChI=1S/C16H16N2O2S2/c1-9-7-11(3-5-13(17)19)21-15(9)16-10(2)8-12(22-16)4-6-14(18)20/h3-8H,1-2H3,(H2,17,19)(H2,18,20)/b5-3-,6-4-. The SMILES string of the molecule is Cc1cc(/C=C\C(N)=O)sc1-c1sc(/C=C\C(N)=O)cc1C. The Kier molecular flexibility index (Phi) is 4.95. The number of carbonyl (C=O) groups excluding carboxylic acids is 2. The molecule has 0 fully saturated rings. The van der Waals surface area contributed by atoms with E-state index in [0.29, 0.717) is 0 Å². The molecule has 0 bridgehead atoms. The molecule has 2 heterocycles. The normalized spacial score (nSPS) is 11.5. The van der Waals surface area contributed by atoms with Gasteiger partial charge in [0.15, 0.2) is 0 Å². The Morgan fingerprint density at radius 1 is 0.864 bits per heavy atom. The van der Waals surface area contributed by atoms with Crippen molar-refractivity contribution < 1.29 is 9.59 Å². The molecule has 0 aromatic carbocycles. The molecule has 2 rings (SSSR count). The van der Waals surface area contributed by atoms with Crippen LogP contribution in [0.15, 0.2) is 24.3 Å². The van der Waals surface area contributed by atoms with Crippen LogP contribution in [-0.2, 0) is 9.59 Å². The molecule has 0 unspecified atom stereocenters. The second kappa shape index (κ2) is 6.72. The lowest BCUT2D eigenvalue weighted by Gasteiger charge is -1.96. The molecule has 4 nitrogen and oxygen atoms in total. The van der Waals surface area contributed by atoms with E-state index in [-0.39, 0.29) is 0 Å². The fourth-order valence-corrected chi connectivity index (χ4v) is 4.37. The van der Waals surface area contributed by atoms with Gasteiger partial charge in [-0.05, 0) is 49.3 Å². The van der Waals surface area contributed by atoms with E-state index in [0.717, 1.165) is 30.6 Å². The van der Waals surface area contributed by atoms with E-state index in [1.165, 1.54) is 12.2 Å². The number of rotatable bonds is 5. The summed E-state index contributed by atoms with van der Waals surface area (Å²) < 4.78 is 0. The quantitative estimate of drug-likeness (QED) is 0.824. The highest BCUT2D eigenvalue weighted by Gasteiger charge is 2.12. The van der Waals surface area contributed by atoms with Crippen LogP contribution in [0, 0.1) is 13.8 Å². The smallest absolute Gasteiger partial charge is 0.241 e. The van der Waals surface area contributed by atoms with Crippen molar-refractivity contribution in [3.63, 3.8) is 0 Å². The van der Waals surface area contributed by atoms with Crippen molar-refractivity contribution in [3.8, 4) is 9.75 Å². The van der Waals surface area contributed by atoms with Gasteiger partial charge in [-0.3, -0.25) is 9.59 Å². The Labute approximate surface area is 136 Å². The summed E-state index contributed by atoms with van der Waals surface area (Å²) in [6.45, 7) is 4.07. The Balaban J connectivity index is 2.36. The fraction of sp³-hybridized carbons (Fsp3) is 0.125. The number of hydrogen-bond donors (Lipinski definition) is 2. The van der Waals surface area contributed by atoms with Gasteiger partial charge in [0, 0.05) is 31.7 Å². The molecule has 0 radical (unpaired) electrons. The van der Waals surface area contributed by atoms with Crippen LogP contribution < -0.4 is 11.5 Å². The summed E-state index contributed by atoms with van der Waals surface area (Å²) in [7, 11) is 0. The zero-order chi connectivity index (χ0) is 16.3. The van der Waals surface area contributed by atoms with Crippen LogP contribution in [0.3, 0.4) is 0 Å². The second-order valence-electron chi connectivity index (χ2n) is 4.79.